The highest BCUT2D eigenvalue weighted by Crippen LogP contribution is 2.17. The molecule has 2 unspecified atom stereocenters. The van der Waals surface area contributed by atoms with Crippen molar-refractivity contribution in [1.29, 1.82) is 0 Å². The highest BCUT2D eigenvalue weighted by molar-refractivity contribution is 5.20. The molecule has 0 saturated carbocycles. The molecule has 0 fully saturated rings. The molecule has 0 saturated heterocycles. The van der Waals surface area contributed by atoms with Gasteiger partial charge in [0.05, 0.1) is 6.61 Å². The maximum absolute atomic E-state index is 12.8. The zero-order chi connectivity index (χ0) is 12.8. The van der Waals surface area contributed by atoms with Gasteiger partial charge in [-0.15, -0.1) is 0 Å². The Kier molecular flexibility index (Phi) is 5.55. The molecule has 0 aliphatic rings. The maximum atomic E-state index is 12.8. The number of nitrogens with zero attached hydrogens (tertiary/aromatic N) is 1. The number of methoxy groups -OCH3 is 1. The summed E-state index contributed by atoms with van der Waals surface area (Å²) in [6.07, 6.45) is 0. The van der Waals surface area contributed by atoms with E-state index in [0.29, 0.717) is 6.61 Å². The first-order valence-electron chi connectivity index (χ1n) is 5.76. The van der Waals surface area contributed by atoms with Crippen LogP contribution in [0.5, 0.6) is 0 Å². The number of hydrogen-bond donors (Lipinski definition) is 1. The SMILES string of the molecule is COCCN(C)C(C)C(N)c1ccc(F)cc1. The highest BCUT2D eigenvalue weighted by Gasteiger charge is 2.18. The van der Waals surface area contributed by atoms with Crippen molar-refractivity contribution >= 4 is 0 Å². The Morgan fingerprint density at radius 2 is 1.94 bits per heavy atom. The van der Waals surface area contributed by atoms with Crippen LogP contribution in [0.1, 0.15) is 18.5 Å². The second-order valence-electron chi connectivity index (χ2n) is 4.29. The van der Waals surface area contributed by atoms with Crippen molar-refractivity contribution < 1.29 is 9.13 Å². The number of benzene rings is 1. The molecule has 0 radical (unpaired) electrons. The standard InChI is InChI=1S/C13H21FN2O/c1-10(16(2)8-9-17-3)13(15)11-4-6-12(14)7-5-11/h4-7,10,13H,8-9,15H2,1-3H3. The van der Waals surface area contributed by atoms with Crippen molar-refractivity contribution in [2.45, 2.75) is 19.0 Å². The van der Waals surface area contributed by atoms with E-state index < -0.39 is 0 Å². The van der Waals surface area contributed by atoms with E-state index >= 15 is 0 Å². The molecule has 0 bridgehead atoms. The molecular weight excluding hydrogens is 219 g/mol. The van der Waals surface area contributed by atoms with Gasteiger partial charge in [-0.1, -0.05) is 12.1 Å². The van der Waals surface area contributed by atoms with Crippen LogP contribution in [0, 0.1) is 5.82 Å². The lowest BCUT2D eigenvalue weighted by atomic mass is 10.0. The third-order valence-electron chi connectivity index (χ3n) is 3.12. The summed E-state index contributed by atoms with van der Waals surface area (Å²) < 4.78 is 17.8. The van der Waals surface area contributed by atoms with Crippen LogP contribution in [-0.4, -0.2) is 38.3 Å². The first-order valence-corrected chi connectivity index (χ1v) is 5.76. The van der Waals surface area contributed by atoms with Gasteiger partial charge in [-0.2, -0.15) is 0 Å². The first kappa shape index (κ1) is 14.1. The van der Waals surface area contributed by atoms with Crippen LogP contribution in [0.25, 0.3) is 0 Å². The van der Waals surface area contributed by atoms with E-state index in [-0.39, 0.29) is 17.9 Å². The normalized spacial score (nSPS) is 14.9. The Balaban J connectivity index is 2.62. The molecule has 96 valence electrons. The summed E-state index contributed by atoms with van der Waals surface area (Å²) in [6, 6.07) is 6.41. The van der Waals surface area contributed by atoms with E-state index in [1.807, 2.05) is 7.05 Å². The largest absolute Gasteiger partial charge is 0.383 e. The number of hydrogen-bond acceptors (Lipinski definition) is 3. The van der Waals surface area contributed by atoms with Gasteiger partial charge in [-0.05, 0) is 31.7 Å². The minimum absolute atomic E-state index is 0.127. The van der Waals surface area contributed by atoms with Gasteiger partial charge < -0.3 is 10.5 Å². The van der Waals surface area contributed by atoms with E-state index in [1.165, 1.54) is 12.1 Å². The van der Waals surface area contributed by atoms with Gasteiger partial charge in [-0.25, -0.2) is 4.39 Å². The van der Waals surface area contributed by atoms with Gasteiger partial charge in [0.25, 0.3) is 0 Å². The molecule has 4 heteroatoms. The van der Waals surface area contributed by atoms with Gasteiger partial charge in [0, 0.05) is 25.7 Å². The molecule has 3 nitrogen and oxygen atoms in total. The molecule has 1 rings (SSSR count). The molecule has 1 aromatic rings. The zero-order valence-corrected chi connectivity index (χ0v) is 10.7. The van der Waals surface area contributed by atoms with Gasteiger partial charge in [-0.3, -0.25) is 4.90 Å². The number of rotatable bonds is 6. The van der Waals surface area contributed by atoms with E-state index in [4.69, 9.17) is 10.5 Å². The summed E-state index contributed by atoms with van der Waals surface area (Å²) in [7, 11) is 3.69. The Hall–Kier alpha value is -0.970. The summed E-state index contributed by atoms with van der Waals surface area (Å²) in [6.45, 7) is 3.56. The number of nitrogens with two attached hydrogens (primary N) is 1. The van der Waals surface area contributed by atoms with Crippen LogP contribution in [0.3, 0.4) is 0 Å². The highest BCUT2D eigenvalue weighted by atomic mass is 19.1. The van der Waals surface area contributed by atoms with E-state index in [9.17, 15) is 4.39 Å². The summed E-state index contributed by atoms with van der Waals surface area (Å²) in [5.74, 6) is -0.235. The van der Waals surface area contributed by atoms with Crippen molar-refractivity contribution in [3.05, 3.63) is 35.6 Å². The molecule has 0 heterocycles. The smallest absolute Gasteiger partial charge is 0.123 e. The average molecular weight is 240 g/mol. The van der Waals surface area contributed by atoms with Crippen molar-refractivity contribution in [2.24, 2.45) is 5.73 Å². The number of ether oxygens (including phenoxy) is 1. The Morgan fingerprint density at radius 1 is 1.35 bits per heavy atom. The lowest BCUT2D eigenvalue weighted by Crippen LogP contribution is -2.39. The quantitative estimate of drug-likeness (QED) is 0.824. The molecule has 2 atom stereocenters. The summed E-state index contributed by atoms with van der Waals surface area (Å²) in [4.78, 5) is 2.14. The number of likely N-dealkylation sites (N-methyl/N-ethyl adjacent to an activating group) is 1. The Morgan fingerprint density at radius 3 is 2.47 bits per heavy atom. The molecule has 0 aromatic heterocycles. The van der Waals surface area contributed by atoms with Gasteiger partial charge in [0.1, 0.15) is 5.82 Å². The minimum Gasteiger partial charge on any atom is -0.383 e. The molecule has 2 N–H and O–H groups in total. The van der Waals surface area contributed by atoms with Crippen LogP contribution >= 0.6 is 0 Å². The van der Waals surface area contributed by atoms with Crippen LogP contribution in [0.2, 0.25) is 0 Å². The molecule has 0 aliphatic heterocycles. The molecule has 0 amide bonds. The molecular formula is C13H21FN2O. The van der Waals surface area contributed by atoms with Crippen molar-refractivity contribution in [3.8, 4) is 0 Å². The second kappa shape index (κ2) is 6.69. The maximum Gasteiger partial charge on any atom is 0.123 e. The van der Waals surface area contributed by atoms with Gasteiger partial charge >= 0.3 is 0 Å². The summed E-state index contributed by atoms with van der Waals surface area (Å²) in [5.41, 5.74) is 7.10. The fourth-order valence-corrected chi connectivity index (χ4v) is 1.68. The second-order valence-corrected chi connectivity index (χ2v) is 4.29. The van der Waals surface area contributed by atoms with Gasteiger partial charge in [0.15, 0.2) is 0 Å². The number of halogens is 1. The Bertz CT molecular complexity index is 329. The Labute approximate surface area is 102 Å². The molecule has 0 aliphatic carbocycles. The molecule has 0 spiro atoms. The van der Waals surface area contributed by atoms with Crippen LogP contribution in [0.15, 0.2) is 24.3 Å². The monoisotopic (exact) mass is 240 g/mol. The summed E-state index contributed by atoms with van der Waals surface area (Å²) in [5, 5.41) is 0. The fourth-order valence-electron chi connectivity index (χ4n) is 1.68. The van der Waals surface area contributed by atoms with E-state index in [1.54, 1.807) is 19.2 Å². The van der Waals surface area contributed by atoms with E-state index in [2.05, 4.69) is 11.8 Å². The average Bonchev–Trinajstić information content (AvgIpc) is 2.35. The molecule has 17 heavy (non-hydrogen) atoms. The minimum atomic E-state index is -0.235. The predicted molar refractivity (Wildman–Crippen MR) is 67.3 cm³/mol. The van der Waals surface area contributed by atoms with Gasteiger partial charge in [0.2, 0.25) is 0 Å². The van der Waals surface area contributed by atoms with Crippen LogP contribution in [0.4, 0.5) is 4.39 Å². The molecule has 1 aromatic carbocycles. The fraction of sp³-hybridized carbons (Fsp3) is 0.538. The topological polar surface area (TPSA) is 38.5 Å². The zero-order valence-electron chi connectivity index (χ0n) is 10.7. The third-order valence-corrected chi connectivity index (χ3v) is 3.12. The van der Waals surface area contributed by atoms with Crippen molar-refractivity contribution in [3.63, 3.8) is 0 Å². The van der Waals surface area contributed by atoms with Crippen molar-refractivity contribution in [2.75, 3.05) is 27.3 Å². The van der Waals surface area contributed by atoms with Crippen LogP contribution < -0.4 is 5.73 Å². The van der Waals surface area contributed by atoms with E-state index in [0.717, 1.165) is 12.1 Å². The summed E-state index contributed by atoms with van der Waals surface area (Å²) >= 11 is 0. The third kappa shape index (κ3) is 4.07. The predicted octanol–water partition coefficient (Wildman–Crippen LogP) is 1.79. The lowest BCUT2D eigenvalue weighted by molar-refractivity contribution is 0.134. The first-order chi connectivity index (χ1) is 8.06. The van der Waals surface area contributed by atoms with Crippen LogP contribution in [-0.2, 0) is 4.74 Å². The lowest BCUT2D eigenvalue weighted by Gasteiger charge is -2.29. The van der Waals surface area contributed by atoms with Crippen molar-refractivity contribution in [1.82, 2.24) is 4.90 Å².